The lowest BCUT2D eigenvalue weighted by Gasteiger charge is -2.58. The van der Waals surface area contributed by atoms with E-state index in [-0.39, 0.29) is 35.3 Å². The van der Waals surface area contributed by atoms with Gasteiger partial charge in [0.2, 0.25) is 0 Å². The van der Waals surface area contributed by atoms with Gasteiger partial charge in [-0.1, -0.05) is 21.3 Å². The first kappa shape index (κ1) is 18.2. The third-order valence-electron chi connectivity index (χ3n) is 8.18. The fraction of sp³-hybridized carbons (Fsp3) is 0.810. The van der Waals surface area contributed by atoms with Crippen molar-refractivity contribution >= 4 is 23.7 Å². The van der Waals surface area contributed by atoms with E-state index in [1.165, 1.54) is 24.7 Å². The van der Waals surface area contributed by atoms with Gasteiger partial charge in [0.05, 0.1) is 5.38 Å². The van der Waals surface area contributed by atoms with E-state index in [1.807, 2.05) is 6.08 Å². The highest BCUT2D eigenvalue weighted by Crippen LogP contribution is 2.66. The Bertz CT molecular complexity index is 582. The number of aldehydes is 1. The third kappa shape index (κ3) is 2.28. The molecule has 4 aliphatic rings. The molecule has 3 heteroatoms. The Morgan fingerprint density at radius 3 is 2.62 bits per heavy atom. The van der Waals surface area contributed by atoms with Gasteiger partial charge in [0.15, 0.2) is 5.78 Å². The van der Waals surface area contributed by atoms with Gasteiger partial charge in [0.1, 0.15) is 6.29 Å². The van der Waals surface area contributed by atoms with Crippen LogP contribution in [0, 0.1) is 34.5 Å². The Morgan fingerprint density at radius 2 is 1.92 bits per heavy atom. The maximum atomic E-state index is 11.9. The lowest BCUT2D eigenvalue weighted by Crippen LogP contribution is -2.53. The van der Waals surface area contributed by atoms with E-state index in [4.69, 9.17) is 11.6 Å². The van der Waals surface area contributed by atoms with Crippen molar-refractivity contribution in [3.63, 3.8) is 0 Å². The van der Waals surface area contributed by atoms with E-state index in [9.17, 15) is 9.59 Å². The molecule has 0 heterocycles. The van der Waals surface area contributed by atoms with E-state index < -0.39 is 0 Å². The molecule has 7 unspecified atom stereocenters. The quantitative estimate of drug-likeness (QED) is 0.482. The van der Waals surface area contributed by atoms with Crippen LogP contribution in [0.4, 0.5) is 0 Å². The molecule has 4 rings (SSSR count). The van der Waals surface area contributed by atoms with Gasteiger partial charge in [-0.25, -0.2) is 0 Å². The number of alkyl halides is 1. The topological polar surface area (TPSA) is 34.1 Å². The van der Waals surface area contributed by atoms with Crippen molar-refractivity contribution in [1.82, 2.24) is 0 Å². The van der Waals surface area contributed by atoms with Crippen molar-refractivity contribution in [3.8, 4) is 0 Å². The van der Waals surface area contributed by atoms with Crippen LogP contribution in [0.2, 0.25) is 0 Å². The van der Waals surface area contributed by atoms with Crippen LogP contribution in [0.15, 0.2) is 11.6 Å². The van der Waals surface area contributed by atoms with Crippen molar-refractivity contribution in [1.29, 1.82) is 0 Å². The molecule has 0 saturated heterocycles. The maximum Gasteiger partial charge on any atom is 0.155 e. The smallest absolute Gasteiger partial charge is 0.155 e. The maximum absolute atomic E-state index is 11.9. The number of allylic oxidation sites excluding steroid dienone is 1. The summed E-state index contributed by atoms with van der Waals surface area (Å²) >= 11 is 6.78. The minimum Gasteiger partial charge on any atom is -0.303 e. The number of carbonyl (C=O) groups is 2. The fourth-order valence-corrected chi connectivity index (χ4v) is 7.34. The van der Waals surface area contributed by atoms with Crippen LogP contribution in [-0.2, 0) is 9.59 Å². The summed E-state index contributed by atoms with van der Waals surface area (Å²) in [5, 5.41) is 0.00290. The summed E-state index contributed by atoms with van der Waals surface area (Å²) in [6.07, 6.45) is 10.3. The minimum absolute atomic E-state index is 0. The summed E-state index contributed by atoms with van der Waals surface area (Å²) < 4.78 is 0. The summed E-state index contributed by atoms with van der Waals surface area (Å²) in [7, 11) is 0. The van der Waals surface area contributed by atoms with Crippen molar-refractivity contribution in [2.24, 2.45) is 34.5 Å². The summed E-state index contributed by atoms with van der Waals surface area (Å²) in [5.41, 5.74) is 1.50. The molecule has 0 aromatic heterocycles. The molecule has 0 aliphatic heterocycles. The van der Waals surface area contributed by atoms with Gasteiger partial charge in [-0.2, -0.15) is 0 Å². The normalized spacial score (nSPS) is 50.0. The zero-order valence-electron chi connectivity index (χ0n) is 14.2. The van der Waals surface area contributed by atoms with Crippen LogP contribution < -0.4 is 0 Å². The number of rotatable bonds is 1. The number of ketones is 1. The first-order chi connectivity index (χ1) is 10.9. The molecule has 2 nitrogen and oxygen atoms in total. The van der Waals surface area contributed by atoms with Crippen molar-refractivity contribution < 1.29 is 9.59 Å². The Kier molecular flexibility index (Phi) is 4.52. The van der Waals surface area contributed by atoms with Gasteiger partial charge in [-0.15, -0.1) is 11.6 Å². The molecular formula is C21H31ClO2. The number of halogens is 1. The second-order valence-corrected chi connectivity index (χ2v) is 9.45. The Morgan fingerprint density at radius 1 is 1.17 bits per heavy atom. The summed E-state index contributed by atoms with van der Waals surface area (Å²) in [5.74, 6) is 2.38. The molecule has 7 atom stereocenters. The first-order valence-corrected chi connectivity index (χ1v) is 9.68. The van der Waals surface area contributed by atoms with Gasteiger partial charge in [0, 0.05) is 12.3 Å². The van der Waals surface area contributed by atoms with Crippen LogP contribution in [0.25, 0.3) is 0 Å². The number of hydrogen-bond acceptors (Lipinski definition) is 2. The molecule has 3 fully saturated rings. The van der Waals surface area contributed by atoms with E-state index in [1.54, 1.807) is 0 Å². The summed E-state index contributed by atoms with van der Waals surface area (Å²) in [4.78, 5) is 23.5. The largest absolute Gasteiger partial charge is 0.303 e. The van der Waals surface area contributed by atoms with Gasteiger partial charge in [0.25, 0.3) is 0 Å². The average molecular weight is 351 g/mol. The highest BCUT2D eigenvalue weighted by atomic mass is 35.5. The lowest BCUT2D eigenvalue weighted by atomic mass is 9.47. The van der Waals surface area contributed by atoms with Crippen LogP contribution in [-0.4, -0.2) is 17.4 Å². The Hall–Kier alpha value is -0.630. The molecule has 0 radical (unpaired) electrons. The third-order valence-corrected chi connectivity index (χ3v) is 8.59. The first-order valence-electron chi connectivity index (χ1n) is 9.24. The predicted octanol–water partition coefficient (Wildman–Crippen LogP) is 5.19. The van der Waals surface area contributed by atoms with E-state index in [2.05, 4.69) is 13.8 Å². The number of fused-ring (bicyclic) bond motifs is 5. The van der Waals surface area contributed by atoms with Crippen LogP contribution in [0.1, 0.15) is 66.2 Å². The zero-order chi connectivity index (χ0) is 16.4. The highest BCUT2D eigenvalue weighted by molar-refractivity contribution is 6.23. The highest BCUT2D eigenvalue weighted by Gasteiger charge is 2.60. The summed E-state index contributed by atoms with van der Waals surface area (Å²) in [6, 6.07) is 0. The molecule has 0 aromatic carbocycles. The van der Waals surface area contributed by atoms with E-state index in [0.717, 1.165) is 25.7 Å². The average Bonchev–Trinajstić information content (AvgIpc) is 2.86. The Labute approximate surface area is 151 Å². The zero-order valence-corrected chi connectivity index (χ0v) is 14.9. The van der Waals surface area contributed by atoms with Crippen molar-refractivity contribution in [3.05, 3.63) is 11.6 Å². The minimum atomic E-state index is 0. The lowest BCUT2D eigenvalue weighted by molar-refractivity contribution is -0.120. The molecular weight excluding hydrogens is 320 g/mol. The second kappa shape index (κ2) is 5.97. The molecule has 24 heavy (non-hydrogen) atoms. The van der Waals surface area contributed by atoms with Gasteiger partial charge >= 0.3 is 0 Å². The fourth-order valence-electron chi connectivity index (χ4n) is 6.82. The van der Waals surface area contributed by atoms with Gasteiger partial charge < -0.3 is 4.79 Å². The van der Waals surface area contributed by atoms with E-state index in [0.29, 0.717) is 24.2 Å². The molecule has 4 aliphatic carbocycles. The Balaban J connectivity index is 0.00000169. The molecule has 0 spiro atoms. The SMILES string of the molecule is C.CC12CCC(=O)C=C1C(Cl)CC1C2CCC2(C)C(C=O)CCC12. The molecule has 0 aromatic rings. The van der Waals surface area contributed by atoms with Gasteiger partial charge in [-0.05, 0) is 78.8 Å². The van der Waals surface area contributed by atoms with Crippen LogP contribution in [0.3, 0.4) is 0 Å². The molecule has 0 bridgehead atoms. The number of carbonyl (C=O) groups excluding carboxylic acids is 2. The molecule has 0 amide bonds. The van der Waals surface area contributed by atoms with Crippen LogP contribution >= 0.6 is 11.6 Å². The number of hydrogen-bond donors (Lipinski definition) is 0. The standard InChI is InChI=1S/C20H27ClO2.CH4/c1-19-8-6-16-14(15(19)4-3-12(19)11-22)10-18(21)17-9-13(23)5-7-20(16,17)2;/h9,11-12,14-16,18H,3-8,10H2,1-2H3;1H4. The summed E-state index contributed by atoms with van der Waals surface area (Å²) in [6.45, 7) is 4.70. The molecule has 3 saturated carbocycles. The van der Waals surface area contributed by atoms with Crippen LogP contribution in [0.5, 0.6) is 0 Å². The van der Waals surface area contributed by atoms with E-state index >= 15 is 0 Å². The van der Waals surface area contributed by atoms with Crippen molar-refractivity contribution in [2.45, 2.75) is 71.6 Å². The molecule has 134 valence electrons. The monoisotopic (exact) mass is 350 g/mol. The molecule has 0 N–H and O–H groups in total. The van der Waals surface area contributed by atoms with Gasteiger partial charge in [-0.3, -0.25) is 4.79 Å². The van der Waals surface area contributed by atoms with Crippen molar-refractivity contribution in [2.75, 3.05) is 0 Å². The predicted molar refractivity (Wildman–Crippen MR) is 98.0 cm³/mol. The second-order valence-electron chi connectivity index (χ2n) is 8.93.